The van der Waals surface area contributed by atoms with E-state index in [1.807, 2.05) is 138 Å². The van der Waals surface area contributed by atoms with Crippen LogP contribution < -0.4 is 20.7 Å². The Morgan fingerprint density at radius 1 is 0.645 bits per heavy atom. The predicted octanol–water partition coefficient (Wildman–Crippen LogP) is 7.88. The molecule has 8 rings (SSSR count). The van der Waals surface area contributed by atoms with Crippen LogP contribution in [-0.4, -0.2) is 54.5 Å². The quantitative estimate of drug-likeness (QED) is 0.0820. The molecule has 1 aromatic heterocycles. The molecule has 314 valence electrons. The molecule has 0 radical (unpaired) electrons. The lowest BCUT2D eigenvalue weighted by atomic mass is 9.79. The first-order chi connectivity index (χ1) is 30.2. The summed E-state index contributed by atoms with van der Waals surface area (Å²) in [5.41, 5.74) is -4.40. The summed E-state index contributed by atoms with van der Waals surface area (Å²) in [5, 5.41) is 0. The van der Waals surface area contributed by atoms with Gasteiger partial charge in [-0.05, 0) is 57.6 Å². The first kappa shape index (κ1) is 41.7. The van der Waals surface area contributed by atoms with Crippen molar-refractivity contribution in [1.82, 2.24) is 9.55 Å². The van der Waals surface area contributed by atoms with Gasteiger partial charge in [0.2, 0.25) is 5.82 Å². The van der Waals surface area contributed by atoms with Gasteiger partial charge >= 0.3 is 5.69 Å². The van der Waals surface area contributed by atoms with Crippen LogP contribution in [0.5, 0.6) is 11.5 Å². The van der Waals surface area contributed by atoms with Crippen molar-refractivity contribution >= 4 is 6.29 Å². The van der Waals surface area contributed by atoms with Crippen molar-refractivity contribution in [2.24, 2.45) is 0 Å². The lowest BCUT2D eigenvalue weighted by molar-refractivity contribution is -0.184. The molecule has 10 nitrogen and oxygen atoms in total. The molecule has 1 aliphatic heterocycles. The molecule has 0 saturated carbocycles. The molecule has 0 bridgehead atoms. The standard InChI is InChI=1S/C50H42F2N2O8/c1-58-40-27-23-38(24-28-40)49(34-15-7-3-8-16-34,35-17-9-4-10-18-35)60-33-48(32-55)44(43(52)46(62-48)54-31-42(51)45(56)53-47(54)57)61-50(36-19-11-5-12-20-36,37-21-13-6-14-22-37)39-25-29-41(59-2)30-26-39/h3-32,43-44,46H,33H2,1-2H3,(H,53,56,57)/t43-,44-,46+,48+/m0/s1. The number of methoxy groups -OCH3 is 2. The smallest absolute Gasteiger partial charge is 0.330 e. The molecule has 2 heterocycles. The Morgan fingerprint density at radius 2 is 1.05 bits per heavy atom. The summed E-state index contributed by atoms with van der Waals surface area (Å²) in [6, 6.07) is 51.0. The number of aromatic nitrogens is 2. The highest BCUT2D eigenvalue weighted by molar-refractivity contribution is 5.66. The highest BCUT2D eigenvalue weighted by Gasteiger charge is 2.62. The first-order valence-electron chi connectivity index (χ1n) is 19.8. The van der Waals surface area contributed by atoms with Crippen LogP contribution in [0.1, 0.15) is 39.6 Å². The SMILES string of the molecule is COc1ccc(C(OC[C@@]2(C=O)O[C@@H](n3cc(F)c(=O)[nH]c3=O)[C@@H](F)[C@@H]2OC(c2ccccc2)(c2ccccc2)c2ccc(OC)cc2)(c2ccccc2)c2ccccc2)cc1. The van der Waals surface area contributed by atoms with Crippen LogP contribution in [0.3, 0.4) is 0 Å². The molecule has 0 amide bonds. The largest absolute Gasteiger partial charge is 0.497 e. The summed E-state index contributed by atoms with van der Waals surface area (Å²) in [7, 11) is 3.09. The van der Waals surface area contributed by atoms with E-state index in [0.717, 1.165) is 0 Å². The second kappa shape index (κ2) is 17.5. The molecule has 4 atom stereocenters. The van der Waals surface area contributed by atoms with Crippen molar-refractivity contribution in [2.75, 3.05) is 20.8 Å². The summed E-state index contributed by atoms with van der Waals surface area (Å²) in [6.07, 6.45) is -5.27. The monoisotopic (exact) mass is 836 g/mol. The lowest BCUT2D eigenvalue weighted by Gasteiger charge is -2.43. The summed E-state index contributed by atoms with van der Waals surface area (Å²) in [6.45, 7) is -0.670. The Labute approximate surface area is 355 Å². The zero-order valence-corrected chi connectivity index (χ0v) is 33.7. The zero-order valence-electron chi connectivity index (χ0n) is 33.7. The highest BCUT2D eigenvalue weighted by Crippen LogP contribution is 2.50. The average molecular weight is 837 g/mol. The maximum Gasteiger partial charge on any atom is 0.330 e. The van der Waals surface area contributed by atoms with E-state index >= 15 is 8.78 Å². The number of halogens is 2. The molecule has 6 aromatic carbocycles. The number of rotatable bonds is 15. The van der Waals surface area contributed by atoms with Gasteiger partial charge in [-0.2, -0.15) is 4.39 Å². The molecule has 1 fully saturated rings. The minimum absolute atomic E-state index is 0.404. The van der Waals surface area contributed by atoms with Gasteiger partial charge in [0.1, 0.15) is 28.8 Å². The predicted molar refractivity (Wildman–Crippen MR) is 227 cm³/mol. The minimum Gasteiger partial charge on any atom is -0.497 e. The van der Waals surface area contributed by atoms with Crippen molar-refractivity contribution in [3.05, 3.63) is 236 Å². The first-order valence-corrected chi connectivity index (χ1v) is 19.8. The third kappa shape index (κ3) is 7.42. The molecule has 12 heteroatoms. The molecule has 62 heavy (non-hydrogen) atoms. The number of nitrogens with zero attached hydrogens (tertiary/aromatic N) is 1. The van der Waals surface area contributed by atoms with Crippen LogP contribution in [0.25, 0.3) is 0 Å². The lowest BCUT2D eigenvalue weighted by Crippen LogP contribution is -2.54. The normalized spacial score (nSPS) is 18.9. The summed E-state index contributed by atoms with van der Waals surface area (Å²) in [4.78, 5) is 41.6. The Hall–Kier alpha value is -6.99. The molecular weight excluding hydrogens is 795 g/mol. The number of benzene rings is 6. The molecule has 0 spiro atoms. The third-order valence-electron chi connectivity index (χ3n) is 11.3. The minimum atomic E-state index is -2.36. The van der Waals surface area contributed by atoms with Gasteiger partial charge in [-0.25, -0.2) is 9.18 Å². The summed E-state index contributed by atoms with van der Waals surface area (Å²) >= 11 is 0. The fourth-order valence-corrected chi connectivity index (χ4v) is 8.25. The van der Waals surface area contributed by atoms with E-state index in [1.165, 1.54) is 7.11 Å². The number of ether oxygens (including phenoxy) is 5. The van der Waals surface area contributed by atoms with E-state index in [0.29, 0.717) is 61.9 Å². The zero-order chi connectivity index (χ0) is 43.3. The second-order valence-electron chi connectivity index (χ2n) is 14.8. The number of nitrogens with one attached hydrogen (secondary N) is 1. The number of alkyl halides is 1. The molecule has 1 N–H and O–H groups in total. The van der Waals surface area contributed by atoms with E-state index < -0.39 is 59.0 Å². The Kier molecular flexibility index (Phi) is 11.8. The van der Waals surface area contributed by atoms with Crippen LogP contribution in [-0.2, 0) is 30.2 Å². The topological polar surface area (TPSA) is 118 Å². The number of hydrogen-bond donors (Lipinski definition) is 1. The van der Waals surface area contributed by atoms with Gasteiger partial charge in [-0.15, -0.1) is 0 Å². The van der Waals surface area contributed by atoms with Crippen LogP contribution in [0.4, 0.5) is 8.78 Å². The van der Waals surface area contributed by atoms with Gasteiger partial charge in [0.15, 0.2) is 24.3 Å². The summed E-state index contributed by atoms with van der Waals surface area (Å²) in [5.74, 6) is -0.243. The fraction of sp³-hybridized carbons (Fsp3) is 0.180. The number of aldehydes is 1. The van der Waals surface area contributed by atoms with Crippen LogP contribution in [0, 0.1) is 5.82 Å². The van der Waals surface area contributed by atoms with Gasteiger partial charge in [0.25, 0.3) is 5.56 Å². The molecule has 7 aromatic rings. The third-order valence-corrected chi connectivity index (χ3v) is 11.3. The Bertz CT molecular complexity index is 2640. The van der Waals surface area contributed by atoms with Gasteiger partial charge in [-0.3, -0.25) is 19.1 Å². The number of carbonyl (C=O) groups excluding carboxylic acids is 1. The van der Waals surface area contributed by atoms with Gasteiger partial charge < -0.3 is 23.7 Å². The molecule has 0 unspecified atom stereocenters. The van der Waals surface area contributed by atoms with Crippen molar-refractivity contribution in [3.63, 3.8) is 0 Å². The van der Waals surface area contributed by atoms with Crippen LogP contribution in [0.2, 0.25) is 0 Å². The fourth-order valence-electron chi connectivity index (χ4n) is 8.25. The Balaban J connectivity index is 1.36. The molecule has 1 saturated heterocycles. The van der Waals surface area contributed by atoms with Crippen molar-refractivity contribution in [1.29, 1.82) is 0 Å². The van der Waals surface area contributed by atoms with Crippen molar-refractivity contribution in [3.8, 4) is 11.5 Å². The Morgan fingerprint density at radius 3 is 1.47 bits per heavy atom. The van der Waals surface area contributed by atoms with Crippen LogP contribution in [0.15, 0.2) is 186 Å². The van der Waals surface area contributed by atoms with Crippen molar-refractivity contribution < 1.29 is 37.3 Å². The van der Waals surface area contributed by atoms with Gasteiger partial charge in [0.05, 0.1) is 27.0 Å². The van der Waals surface area contributed by atoms with E-state index in [1.54, 1.807) is 43.5 Å². The van der Waals surface area contributed by atoms with Gasteiger partial charge in [0, 0.05) is 0 Å². The number of aromatic amines is 1. The number of hydrogen-bond acceptors (Lipinski definition) is 8. The number of carbonyl (C=O) groups is 1. The maximum absolute atomic E-state index is 18.0. The second-order valence-corrected chi connectivity index (χ2v) is 14.8. The number of H-pyrrole nitrogens is 1. The molecular formula is C50H42F2N2O8. The van der Waals surface area contributed by atoms with Gasteiger partial charge in [-0.1, -0.05) is 146 Å². The van der Waals surface area contributed by atoms with E-state index in [4.69, 9.17) is 23.7 Å². The average Bonchev–Trinajstić information content (AvgIpc) is 3.60. The van der Waals surface area contributed by atoms with E-state index in [-0.39, 0.29) is 0 Å². The highest BCUT2D eigenvalue weighted by atomic mass is 19.1. The van der Waals surface area contributed by atoms with E-state index in [9.17, 15) is 14.4 Å². The maximum atomic E-state index is 18.0. The van der Waals surface area contributed by atoms with E-state index in [2.05, 4.69) is 0 Å². The molecule has 1 aliphatic rings. The van der Waals surface area contributed by atoms with Crippen molar-refractivity contribution in [2.45, 2.75) is 35.3 Å². The molecule has 0 aliphatic carbocycles. The summed E-state index contributed by atoms with van der Waals surface area (Å²) < 4.78 is 65.5. The van der Waals surface area contributed by atoms with Crippen LogP contribution >= 0.6 is 0 Å².